The lowest BCUT2D eigenvalue weighted by Gasteiger charge is -2.26. The van der Waals surface area contributed by atoms with E-state index in [0.717, 1.165) is 26.4 Å². The van der Waals surface area contributed by atoms with Gasteiger partial charge in [0.05, 0.1) is 25.9 Å². The Bertz CT molecular complexity index is 188. The number of ether oxygens (including phenoxy) is 2. The SMILES string of the molecule is C1=CC(NCC2COCCO2)CCC1. The van der Waals surface area contributed by atoms with Crippen molar-refractivity contribution in [3.05, 3.63) is 12.2 Å². The van der Waals surface area contributed by atoms with E-state index in [9.17, 15) is 0 Å². The molecule has 0 bridgehead atoms. The first-order chi connectivity index (χ1) is 6.95. The van der Waals surface area contributed by atoms with E-state index in [1.54, 1.807) is 0 Å². The van der Waals surface area contributed by atoms with Crippen molar-refractivity contribution in [3.8, 4) is 0 Å². The first kappa shape index (κ1) is 10.1. The average molecular weight is 197 g/mol. The Morgan fingerprint density at radius 3 is 3.07 bits per heavy atom. The van der Waals surface area contributed by atoms with Crippen molar-refractivity contribution in [1.29, 1.82) is 0 Å². The van der Waals surface area contributed by atoms with E-state index in [2.05, 4.69) is 17.5 Å². The van der Waals surface area contributed by atoms with Crippen LogP contribution in [-0.2, 0) is 9.47 Å². The molecule has 3 nitrogen and oxygen atoms in total. The molecule has 1 aliphatic carbocycles. The normalized spacial score (nSPS) is 33.1. The fraction of sp³-hybridized carbons (Fsp3) is 0.818. The van der Waals surface area contributed by atoms with Crippen LogP contribution in [0.3, 0.4) is 0 Å². The van der Waals surface area contributed by atoms with E-state index in [0.29, 0.717) is 6.04 Å². The number of hydrogen-bond acceptors (Lipinski definition) is 3. The minimum atomic E-state index is 0.249. The molecule has 80 valence electrons. The van der Waals surface area contributed by atoms with Crippen LogP contribution in [0.2, 0.25) is 0 Å². The first-order valence-corrected chi connectivity index (χ1v) is 5.54. The predicted molar refractivity (Wildman–Crippen MR) is 55.3 cm³/mol. The molecule has 2 rings (SSSR count). The Balaban J connectivity index is 1.65. The fourth-order valence-corrected chi connectivity index (χ4v) is 1.92. The third-order valence-corrected chi connectivity index (χ3v) is 2.75. The molecule has 1 heterocycles. The average Bonchev–Trinajstić information content (AvgIpc) is 2.29. The molecule has 2 unspecified atom stereocenters. The van der Waals surface area contributed by atoms with E-state index in [4.69, 9.17) is 9.47 Å². The van der Waals surface area contributed by atoms with Gasteiger partial charge in [0.15, 0.2) is 0 Å². The van der Waals surface area contributed by atoms with Gasteiger partial charge in [-0.3, -0.25) is 0 Å². The van der Waals surface area contributed by atoms with Crippen molar-refractivity contribution in [1.82, 2.24) is 5.32 Å². The van der Waals surface area contributed by atoms with Crippen LogP contribution in [0, 0.1) is 0 Å². The van der Waals surface area contributed by atoms with Crippen LogP contribution in [0.5, 0.6) is 0 Å². The zero-order chi connectivity index (χ0) is 9.64. The Morgan fingerprint density at radius 1 is 1.36 bits per heavy atom. The number of hydrogen-bond donors (Lipinski definition) is 1. The van der Waals surface area contributed by atoms with Crippen molar-refractivity contribution in [2.45, 2.75) is 31.4 Å². The molecule has 1 fully saturated rings. The van der Waals surface area contributed by atoms with E-state index in [-0.39, 0.29) is 6.10 Å². The molecule has 2 atom stereocenters. The highest BCUT2D eigenvalue weighted by Gasteiger charge is 2.15. The topological polar surface area (TPSA) is 30.5 Å². The highest BCUT2D eigenvalue weighted by molar-refractivity contribution is 4.97. The number of allylic oxidation sites excluding steroid dienone is 1. The molecule has 0 aromatic heterocycles. The minimum Gasteiger partial charge on any atom is -0.376 e. The van der Waals surface area contributed by atoms with Gasteiger partial charge >= 0.3 is 0 Å². The fourth-order valence-electron chi connectivity index (χ4n) is 1.92. The Morgan fingerprint density at radius 2 is 2.36 bits per heavy atom. The second-order valence-corrected chi connectivity index (χ2v) is 3.94. The van der Waals surface area contributed by atoms with Crippen LogP contribution >= 0.6 is 0 Å². The van der Waals surface area contributed by atoms with Gasteiger partial charge in [-0.15, -0.1) is 0 Å². The lowest BCUT2D eigenvalue weighted by molar-refractivity contribution is -0.0868. The maximum Gasteiger partial charge on any atom is 0.0933 e. The van der Waals surface area contributed by atoms with Crippen LogP contribution in [0.1, 0.15) is 19.3 Å². The number of nitrogens with one attached hydrogen (secondary N) is 1. The summed E-state index contributed by atoms with van der Waals surface area (Å²) in [6.45, 7) is 3.14. The maximum atomic E-state index is 5.56. The van der Waals surface area contributed by atoms with Crippen molar-refractivity contribution in [3.63, 3.8) is 0 Å². The zero-order valence-corrected chi connectivity index (χ0v) is 8.58. The second-order valence-electron chi connectivity index (χ2n) is 3.94. The molecule has 1 aliphatic heterocycles. The summed E-state index contributed by atoms with van der Waals surface area (Å²) in [5, 5.41) is 3.50. The third kappa shape index (κ3) is 3.08. The van der Waals surface area contributed by atoms with Crippen LogP contribution in [0.15, 0.2) is 12.2 Å². The van der Waals surface area contributed by atoms with Gasteiger partial charge in [-0.25, -0.2) is 0 Å². The Kier molecular flexibility index (Phi) is 3.98. The summed E-state index contributed by atoms with van der Waals surface area (Å²) in [5.41, 5.74) is 0. The van der Waals surface area contributed by atoms with Crippen LogP contribution in [0.25, 0.3) is 0 Å². The third-order valence-electron chi connectivity index (χ3n) is 2.75. The van der Waals surface area contributed by atoms with Crippen LogP contribution in [-0.4, -0.2) is 38.5 Å². The van der Waals surface area contributed by atoms with Crippen molar-refractivity contribution in [2.75, 3.05) is 26.4 Å². The largest absolute Gasteiger partial charge is 0.376 e. The summed E-state index contributed by atoms with van der Waals surface area (Å²) in [4.78, 5) is 0. The second kappa shape index (κ2) is 5.49. The lowest BCUT2D eigenvalue weighted by atomic mass is 10.0. The molecule has 0 spiro atoms. The van der Waals surface area contributed by atoms with Gasteiger partial charge < -0.3 is 14.8 Å². The lowest BCUT2D eigenvalue weighted by Crippen LogP contribution is -2.41. The molecule has 0 aromatic rings. The highest BCUT2D eigenvalue weighted by atomic mass is 16.6. The maximum absolute atomic E-state index is 5.56. The minimum absolute atomic E-state index is 0.249. The standard InChI is InChI=1S/C11H19NO2/c1-2-4-10(5-3-1)12-8-11-9-13-6-7-14-11/h2,4,10-12H,1,3,5-9H2. The van der Waals surface area contributed by atoms with Gasteiger partial charge in [-0.05, 0) is 19.3 Å². The monoisotopic (exact) mass is 197 g/mol. The van der Waals surface area contributed by atoms with Gasteiger partial charge in [0, 0.05) is 12.6 Å². The molecular formula is C11H19NO2. The van der Waals surface area contributed by atoms with Gasteiger partial charge in [-0.2, -0.15) is 0 Å². The summed E-state index contributed by atoms with van der Waals surface area (Å²) in [6.07, 6.45) is 8.58. The molecule has 0 aromatic carbocycles. The molecule has 14 heavy (non-hydrogen) atoms. The van der Waals surface area contributed by atoms with Crippen molar-refractivity contribution in [2.24, 2.45) is 0 Å². The summed E-state index contributed by atoms with van der Waals surface area (Å²) in [7, 11) is 0. The first-order valence-electron chi connectivity index (χ1n) is 5.54. The smallest absolute Gasteiger partial charge is 0.0933 e. The van der Waals surface area contributed by atoms with Crippen LogP contribution in [0.4, 0.5) is 0 Å². The molecule has 0 radical (unpaired) electrons. The van der Waals surface area contributed by atoms with Crippen LogP contribution < -0.4 is 5.32 Å². The van der Waals surface area contributed by atoms with Gasteiger partial charge in [0.25, 0.3) is 0 Å². The van der Waals surface area contributed by atoms with Crippen molar-refractivity contribution >= 4 is 0 Å². The molecule has 0 saturated carbocycles. The van der Waals surface area contributed by atoms with E-state index < -0.39 is 0 Å². The summed E-state index contributed by atoms with van der Waals surface area (Å²) in [5.74, 6) is 0. The molecule has 2 aliphatic rings. The van der Waals surface area contributed by atoms with E-state index in [1.807, 2.05) is 0 Å². The zero-order valence-electron chi connectivity index (χ0n) is 8.58. The summed E-state index contributed by atoms with van der Waals surface area (Å²) in [6, 6.07) is 0.550. The van der Waals surface area contributed by atoms with Gasteiger partial charge in [0.1, 0.15) is 0 Å². The molecule has 1 saturated heterocycles. The predicted octanol–water partition coefficient (Wildman–Crippen LogP) is 1.10. The van der Waals surface area contributed by atoms with E-state index in [1.165, 1.54) is 19.3 Å². The quantitative estimate of drug-likeness (QED) is 0.687. The van der Waals surface area contributed by atoms with E-state index >= 15 is 0 Å². The molecule has 3 heteroatoms. The molecule has 0 amide bonds. The number of rotatable bonds is 3. The van der Waals surface area contributed by atoms with Crippen molar-refractivity contribution < 1.29 is 9.47 Å². The Hall–Kier alpha value is -0.380. The van der Waals surface area contributed by atoms with Gasteiger partial charge in [0.2, 0.25) is 0 Å². The highest BCUT2D eigenvalue weighted by Crippen LogP contribution is 2.10. The molecule has 1 N–H and O–H groups in total. The summed E-state index contributed by atoms with van der Waals surface area (Å²) >= 11 is 0. The summed E-state index contributed by atoms with van der Waals surface area (Å²) < 4.78 is 10.9. The molecular weight excluding hydrogens is 178 g/mol. The van der Waals surface area contributed by atoms with Gasteiger partial charge in [-0.1, -0.05) is 12.2 Å². The Labute approximate surface area is 85.5 Å².